The van der Waals surface area contributed by atoms with Gasteiger partial charge in [0.2, 0.25) is 0 Å². The van der Waals surface area contributed by atoms with Gasteiger partial charge in [-0.2, -0.15) is 5.10 Å². The third-order valence-electron chi connectivity index (χ3n) is 3.06. The fourth-order valence-electron chi connectivity index (χ4n) is 1.95. The Morgan fingerprint density at radius 1 is 1.45 bits per heavy atom. The van der Waals surface area contributed by atoms with Crippen molar-refractivity contribution in [2.75, 3.05) is 5.73 Å². The SMILES string of the molecule is CC(Cc1ccc(F)cc1)NC(=O)c1cnn(C)c1N. The summed E-state index contributed by atoms with van der Waals surface area (Å²) in [4.78, 5) is 12.0. The van der Waals surface area contributed by atoms with Crippen LogP contribution in [0.2, 0.25) is 0 Å². The molecule has 6 heteroatoms. The van der Waals surface area contributed by atoms with Crippen molar-refractivity contribution in [1.82, 2.24) is 15.1 Å². The highest BCUT2D eigenvalue weighted by molar-refractivity contribution is 5.98. The molecule has 1 amide bonds. The number of nitrogen functional groups attached to an aromatic ring is 1. The van der Waals surface area contributed by atoms with Gasteiger partial charge in [-0.05, 0) is 31.0 Å². The van der Waals surface area contributed by atoms with Gasteiger partial charge in [-0.25, -0.2) is 4.39 Å². The Morgan fingerprint density at radius 3 is 2.65 bits per heavy atom. The first kappa shape index (κ1) is 14.0. The van der Waals surface area contributed by atoms with Gasteiger partial charge in [0, 0.05) is 13.1 Å². The Balaban J connectivity index is 1.97. The van der Waals surface area contributed by atoms with E-state index in [-0.39, 0.29) is 17.8 Å². The Kier molecular flexibility index (Phi) is 4.02. The second-order valence-corrected chi connectivity index (χ2v) is 4.77. The summed E-state index contributed by atoms with van der Waals surface area (Å²) in [6, 6.07) is 6.13. The van der Waals surface area contributed by atoms with Crippen LogP contribution in [0.4, 0.5) is 10.2 Å². The average molecular weight is 276 g/mol. The van der Waals surface area contributed by atoms with E-state index in [1.807, 2.05) is 6.92 Å². The van der Waals surface area contributed by atoms with Gasteiger partial charge < -0.3 is 11.1 Å². The summed E-state index contributed by atoms with van der Waals surface area (Å²) in [5.74, 6) is -0.199. The molecule has 106 valence electrons. The number of benzene rings is 1. The number of hydrogen-bond acceptors (Lipinski definition) is 3. The minimum absolute atomic E-state index is 0.0902. The quantitative estimate of drug-likeness (QED) is 0.889. The molecule has 0 aliphatic heterocycles. The van der Waals surface area contributed by atoms with Crippen molar-refractivity contribution in [3.05, 3.63) is 47.4 Å². The van der Waals surface area contributed by atoms with Crippen LogP contribution in [0.3, 0.4) is 0 Å². The third-order valence-corrected chi connectivity index (χ3v) is 3.06. The highest BCUT2D eigenvalue weighted by atomic mass is 19.1. The molecule has 0 aliphatic carbocycles. The number of halogens is 1. The van der Waals surface area contributed by atoms with E-state index in [2.05, 4.69) is 10.4 Å². The van der Waals surface area contributed by atoms with Crippen LogP contribution >= 0.6 is 0 Å². The zero-order valence-corrected chi connectivity index (χ0v) is 11.4. The summed E-state index contributed by atoms with van der Waals surface area (Å²) in [7, 11) is 1.67. The maximum Gasteiger partial charge on any atom is 0.256 e. The van der Waals surface area contributed by atoms with Crippen molar-refractivity contribution in [3.8, 4) is 0 Å². The van der Waals surface area contributed by atoms with Gasteiger partial charge in [0.1, 0.15) is 17.2 Å². The van der Waals surface area contributed by atoms with Crippen molar-refractivity contribution < 1.29 is 9.18 Å². The molecule has 20 heavy (non-hydrogen) atoms. The lowest BCUT2D eigenvalue weighted by Gasteiger charge is -2.13. The number of carbonyl (C=O) groups excluding carboxylic acids is 1. The fraction of sp³-hybridized carbons (Fsp3) is 0.286. The molecule has 1 atom stereocenters. The van der Waals surface area contributed by atoms with Gasteiger partial charge in [-0.3, -0.25) is 9.48 Å². The molecule has 1 unspecified atom stereocenters. The van der Waals surface area contributed by atoms with E-state index in [1.165, 1.54) is 23.0 Å². The summed E-state index contributed by atoms with van der Waals surface area (Å²) in [5.41, 5.74) is 7.06. The molecule has 2 rings (SSSR count). The maximum absolute atomic E-state index is 12.8. The monoisotopic (exact) mass is 276 g/mol. The summed E-state index contributed by atoms with van der Waals surface area (Å²) in [5, 5.41) is 6.77. The van der Waals surface area contributed by atoms with Gasteiger partial charge in [-0.15, -0.1) is 0 Å². The normalized spacial score (nSPS) is 12.2. The average Bonchev–Trinajstić information content (AvgIpc) is 2.73. The number of aryl methyl sites for hydroxylation is 1. The summed E-state index contributed by atoms with van der Waals surface area (Å²) in [6.07, 6.45) is 2.06. The van der Waals surface area contributed by atoms with Gasteiger partial charge in [0.15, 0.2) is 0 Å². The first-order chi connectivity index (χ1) is 9.47. The Hall–Kier alpha value is -2.37. The van der Waals surface area contributed by atoms with E-state index in [1.54, 1.807) is 19.2 Å². The van der Waals surface area contributed by atoms with Gasteiger partial charge in [-0.1, -0.05) is 12.1 Å². The number of nitrogens with two attached hydrogens (primary N) is 1. The predicted octanol–water partition coefficient (Wildman–Crippen LogP) is 1.50. The molecule has 1 aromatic heterocycles. The minimum Gasteiger partial charge on any atom is -0.383 e. The molecule has 0 fully saturated rings. The molecule has 1 heterocycles. The van der Waals surface area contributed by atoms with E-state index in [0.717, 1.165) is 5.56 Å². The molecule has 3 N–H and O–H groups in total. The number of nitrogens with zero attached hydrogens (tertiary/aromatic N) is 2. The fourth-order valence-corrected chi connectivity index (χ4v) is 1.95. The van der Waals surface area contributed by atoms with Crippen molar-refractivity contribution >= 4 is 11.7 Å². The van der Waals surface area contributed by atoms with E-state index in [4.69, 9.17) is 5.73 Å². The molecule has 0 saturated heterocycles. The molecule has 1 aromatic carbocycles. The number of aromatic nitrogens is 2. The molecular weight excluding hydrogens is 259 g/mol. The van der Waals surface area contributed by atoms with Crippen molar-refractivity contribution in [2.24, 2.45) is 7.05 Å². The lowest BCUT2D eigenvalue weighted by molar-refractivity contribution is 0.0941. The largest absolute Gasteiger partial charge is 0.383 e. The Morgan fingerprint density at radius 2 is 2.10 bits per heavy atom. The molecule has 0 bridgehead atoms. The number of amides is 1. The summed E-state index contributed by atoms with van der Waals surface area (Å²) in [6.45, 7) is 1.88. The number of anilines is 1. The van der Waals surface area contributed by atoms with Crippen molar-refractivity contribution in [2.45, 2.75) is 19.4 Å². The molecule has 0 saturated carbocycles. The van der Waals surface area contributed by atoms with E-state index < -0.39 is 0 Å². The van der Waals surface area contributed by atoms with Crippen LogP contribution in [0.1, 0.15) is 22.8 Å². The van der Waals surface area contributed by atoms with E-state index >= 15 is 0 Å². The van der Waals surface area contributed by atoms with Crippen LogP contribution in [-0.2, 0) is 13.5 Å². The lowest BCUT2D eigenvalue weighted by atomic mass is 10.1. The lowest BCUT2D eigenvalue weighted by Crippen LogP contribution is -2.34. The van der Waals surface area contributed by atoms with Gasteiger partial charge >= 0.3 is 0 Å². The number of nitrogens with one attached hydrogen (secondary N) is 1. The topological polar surface area (TPSA) is 72.9 Å². The van der Waals surface area contributed by atoms with Crippen molar-refractivity contribution in [3.63, 3.8) is 0 Å². The first-order valence-electron chi connectivity index (χ1n) is 6.30. The van der Waals surface area contributed by atoms with Gasteiger partial charge in [0.05, 0.1) is 6.20 Å². The van der Waals surface area contributed by atoms with Crippen LogP contribution in [0.25, 0.3) is 0 Å². The van der Waals surface area contributed by atoms with Gasteiger partial charge in [0.25, 0.3) is 5.91 Å². The molecule has 0 radical (unpaired) electrons. The van der Waals surface area contributed by atoms with E-state index in [9.17, 15) is 9.18 Å². The molecule has 0 spiro atoms. The smallest absolute Gasteiger partial charge is 0.256 e. The Bertz CT molecular complexity index is 606. The number of carbonyl (C=O) groups is 1. The van der Waals surface area contributed by atoms with Crippen LogP contribution in [0.15, 0.2) is 30.5 Å². The minimum atomic E-state index is -0.270. The second-order valence-electron chi connectivity index (χ2n) is 4.77. The zero-order chi connectivity index (χ0) is 14.7. The van der Waals surface area contributed by atoms with E-state index in [0.29, 0.717) is 17.8 Å². The number of rotatable bonds is 4. The molecule has 0 aliphatic rings. The summed E-state index contributed by atoms with van der Waals surface area (Å²) < 4.78 is 14.3. The predicted molar refractivity (Wildman–Crippen MR) is 74.7 cm³/mol. The standard InChI is InChI=1S/C14H17FN4O/c1-9(7-10-3-5-11(15)6-4-10)18-14(20)12-8-17-19(2)13(12)16/h3-6,8-9H,7,16H2,1-2H3,(H,18,20). The maximum atomic E-state index is 12.8. The van der Waals surface area contributed by atoms with Crippen LogP contribution in [-0.4, -0.2) is 21.7 Å². The third kappa shape index (κ3) is 3.14. The summed E-state index contributed by atoms with van der Waals surface area (Å²) >= 11 is 0. The van der Waals surface area contributed by atoms with Crippen LogP contribution < -0.4 is 11.1 Å². The van der Waals surface area contributed by atoms with Crippen LogP contribution in [0, 0.1) is 5.82 Å². The molecule has 2 aromatic rings. The number of hydrogen-bond donors (Lipinski definition) is 2. The van der Waals surface area contributed by atoms with Crippen molar-refractivity contribution in [1.29, 1.82) is 0 Å². The second kappa shape index (κ2) is 5.73. The highest BCUT2D eigenvalue weighted by Crippen LogP contribution is 2.10. The first-order valence-corrected chi connectivity index (χ1v) is 6.30. The zero-order valence-electron chi connectivity index (χ0n) is 11.4. The molecule has 5 nitrogen and oxygen atoms in total. The molecular formula is C14H17FN4O. The Labute approximate surface area is 116 Å². The highest BCUT2D eigenvalue weighted by Gasteiger charge is 2.15. The van der Waals surface area contributed by atoms with Crippen LogP contribution in [0.5, 0.6) is 0 Å².